The standard InChI is InChI=1S/C23H30N4O2/c28-22(12-7-17-24-23(29)27-19-10-5-2-6-11-19)26-21-15-13-20(14-16-21)25-18-8-3-1-4-9-18/h1,3-4,8-9,13-16,19,25H,2,5-7,10-12,17H2,(H,26,28)(H2,24,27,29). The van der Waals surface area contributed by atoms with E-state index in [-0.39, 0.29) is 11.9 Å². The van der Waals surface area contributed by atoms with Gasteiger partial charge in [-0.25, -0.2) is 4.79 Å². The first-order valence-corrected chi connectivity index (χ1v) is 10.5. The maximum Gasteiger partial charge on any atom is 0.315 e. The third kappa shape index (κ3) is 7.49. The highest BCUT2D eigenvalue weighted by atomic mass is 16.2. The van der Waals surface area contributed by atoms with Crippen LogP contribution in [0.4, 0.5) is 21.9 Å². The maximum atomic E-state index is 12.1. The van der Waals surface area contributed by atoms with Crippen LogP contribution in [0, 0.1) is 0 Å². The van der Waals surface area contributed by atoms with Crippen LogP contribution in [0.5, 0.6) is 0 Å². The first kappa shape index (κ1) is 20.7. The Morgan fingerprint density at radius 3 is 2.21 bits per heavy atom. The minimum absolute atomic E-state index is 0.0525. The van der Waals surface area contributed by atoms with E-state index >= 15 is 0 Å². The van der Waals surface area contributed by atoms with Crippen LogP contribution in [-0.2, 0) is 4.79 Å². The van der Waals surface area contributed by atoms with Crippen molar-refractivity contribution in [3.05, 3.63) is 54.6 Å². The zero-order chi connectivity index (χ0) is 20.3. The molecule has 0 saturated heterocycles. The molecule has 2 aromatic carbocycles. The molecule has 154 valence electrons. The van der Waals surface area contributed by atoms with Gasteiger partial charge in [0.15, 0.2) is 0 Å². The van der Waals surface area contributed by atoms with E-state index in [2.05, 4.69) is 21.3 Å². The maximum absolute atomic E-state index is 12.1. The number of nitrogens with one attached hydrogen (secondary N) is 4. The molecule has 1 saturated carbocycles. The molecule has 0 heterocycles. The molecule has 0 aliphatic heterocycles. The summed E-state index contributed by atoms with van der Waals surface area (Å²) in [6.45, 7) is 0.492. The van der Waals surface area contributed by atoms with Gasteiger partial charge in [-0.3, -0.25) is 4.79 Å². The van der Waals surface area contributed by atoms with Gasteiger partial charge in [-0.2, -0.15) is 0 Å². The molecular weight excluding hydrogens is 364 g/mol. The monoisotopic (exact) mass is 394 g/mol. The van der Waals surface area contributed by atoms with Gasteiger partial charge in [0.25, 0.3) is 0 Å². The molecule has 2 aromatic rings. The van der Waals surface area contributed by atoms with Crippen molar-refractivity contribution in [3.8, 4) is 0 Å². The Labute approximate surface area is 172 Å². The topological polar surface area (TPSA) is 82.3 Å². The molecule has 1 aliphatic rings. The number of amides is 3. The molecule has 0 unspecified atom stereocenters. The minimum atomic E-state index is -0.126. The number of rotatable bonds is 8. The van der Waals surface area contributed by atoms with Gasteiger partial charge in [0.2, 0.25) is 5.91 Å². The van der Waals surface area contributed by atoms with E-state index in [1.807, 2.05) is 54.6 Å². The van der Waals surface area contributed by atoms with E-state index in [0.29, 0.717) is 25.4 Å². The fourth-order valence-electron chi connectivity index (χ4n) is 3.48. The molecular formula is C23H30N4O2. The average Bonchev–Trinajstić information content (AvgIpc) is 2.74. The molecule has 0 radical (unpaired) electrons. The fraction of sp³-hybridized carbons (Fsp3) is 0.391. The zero-order valence-electron chi connectivity index (χ0n) is 16.7. The lowest BCUT2D eigenvalue weighted by Crippen LogP contribution is -2.43. The van der Waals surface area contributed by atoms with Gasteiger partial charge in [0.05, 0.1) is 0 Å². The Bertz CT molecular complexity index is 771. The van der Waals surface area contributed by atoms with Crippen LogP contribution in [0.3, 0.4) is 0 Å². The highest BCUT2D eigenvalue weighted by Gasteiger charge is 2.15. The largest absolute Gasteiger partial charge is 0.356 e. The summed E-state index contributed by atoms with van der Waals surface area (Å²) in [5.41, 5.74) is 2.74. The van der Waals surface area contributed by atoms with Gasteiger partial charge >= 0.3 is 6.03 Å². The Morgan fingerprint density at radius 2 is 1.48 bits per heavy atom. The van der Waals surface area contributed by atoms with E-state index in [1.54, 1.807) is 0 Å². The van der Waals surface area contributed by atoms with Crippen LogP contribution >= 0.6 is 0 Å². The van der Waals surface area contributed by atoms with Gasteiger partial charge in [-0.15, -0.1) is 0 Å². The second-order valence-corrected chi connectivity index (χ2v) is 7.46. The molecule has 1 aliphatic carbocycles. The summed E-state index contributed by atoms with van der Waals surface area (Å²) in [5, 5.41) is 12.1. The first-order valence-electron chi connectivity index (χ1n) is 10.5. The third-order valence-corrected chi connectivity index (χ3v) is 5.04. The van der Waals surface area contributed by atoms with E-state index in [0.717, 1.165) is 29.9 Å². The number of anilines is 3. The summed E-state index contributed by atoms with van der Waals surface area (Å²) in [5.74, 6) is -0.0525. The van der Waals surface area contributed by atoms with Crippen LogP contribution in [0.25, 0.3) is 0 Å². The van der Waals surface area contributed by atoms with Crippen LogP contribution in [0.2, 0.25) is 0 Å². The molecule has 6 nitrogen and oxygen atoms in total. The van der Waals surface area contributed by atoms with Crippen LogP contribution in [0.1, 0.15) is 44.9 Å². The molecule has 0 spiro atoms. The van der Waals surface area contributed by atoms with Gasteiger partial charge in [-0.05, 0) is 55.7 Å². The van der Waals surface area contributed by atoms with Crippen LogP contribution in [-0.4, -0.2) is 24.5 Å². The molecule has 6 heteroatoms. The number of hydrogen-bond acceptors (Lipinski definition) is 3. The normalized spacial score (nSPS) is 14.1. The van der Waals surface area contributed by atoms with Crippen molar-refractivity contribution in [2.24, 2.45) is 0 Å². The van der Waals surface area contributed by atoms with Gasteiger partial charge in [0, 0.05) is 36.1 Å². The van der Waals surface area contributed by atoms with Crippen LogP contribution < -0.4 is 21.3 Å². The number of carbonyl (C=O) groups excluding carboxylic acids is 2. The highest BCUT2D eigenvalue weighted by molar-refractivity contribution is 5.91. The first-order chi connectivity index (χ1) is 14.2. The van der Waals surface area contributed by atoms with Crippen molar-refractivity contribution in [2.45, 2.75) is 51.0 Å². The van der Waals surface area contributed by atoms with Crippen molar-refractivity contribution in [3.63, 3.8) is 0 Å². The quantitative estimate of drug-likeness (QED) is 0.486. The molecule has 0 aromatic heterocycles. The van der Waals surface area contributed by atoms with Crippen molar-refractivity contribution in [1.29, 1.82) is 0 Å². The summed E-state index contributed by atoms with van der Waals surface area (Å²) < 4.78 is 0. The summed E-state index contributed by atoms with van der Waals surface area (Å²) in [7, 11) is 0. The van der Waals surface area contributed by atoms with Crippen molar-refractivity contribution in [2.75, 3.05) is 17.2 Å². The zero-order valence-corrected chi connectivity index (χ0v) is 16.7. The van der Waals surface area contributed by atoms with Crippen molar-refractivity contribution < 1.29 is 9.59 Å². The van der Waals surface area contributed by atoms with E-state index in [1.165, 1.54) is 19.3 Å². The van der Waals surface area contributed by atoms with Crippen molar-refractivity contribution >= 4 is 29.0 Å². The second-order valence-electron chi connectivity index (χ2n) is 7.46. The molecule has 3 rings (SSSR count). The summed E-state index contributed by atoms with van der Waals surface area (Å²) in [4.78, 5) is 24.0. The third-order valence-electron chi connectivity index (χ3n) is 5.04. The Morgan fingerprint density at radius 1 is 0.828 bits per heavy atom. The lowest BCUT2D eigenvalue weighted by molar-refractivity contribution is -0.116. The van der Waals surface area contributed by atoms with Crippen LogP contribution in [0.15, 0.2) is 54.6 Å². The van der Waals surface area contributed by atoms with E-state index in [4.69, 9.17) is 0 Å². The van der Waals surface area contributed by atoms with Gasteiger partial charge in [0.1, 0.15) is 0 Å². The smallest absolute Gasteiger partial charge is 0.315 e. The fourth-order valence-corrected chi connectivity index (χ4v) is 3.48. The molecule has 0 bridgehead atoms. The predicted octanol–water partition coefficient (Wildman–Crippen LogP) is 4.78. The number of urea groups is 1. The van der Waals surface area contributed by atoms with Gasteiger partial charge < -0.3 is 21.3 Å². The van der Waals surface area contributed by atoms with Gasteiger partial charge in [-0.1, -0.05) is 37.5 Å². The summed E-state index contributed by atoms with van der Waals surface area (Å²) in [6.07, 6.45) is 6.75. The lowest BCUT2D eigenvalue weighted by Gasteiger charge is -2.22. The minimum Gasteiger partial charge on any atom is -0.356 e. The molecule has 29 heavy (non-hydrogen) atoms. The molecule has 4 N–H and O–H groups in total. The molecule has 0 atom stereocenters. The lowest BCUT2D eigenvalue weighted by atomic mass is 9.96. The molecule has 3 amide bonds. The number of hydrogen-bond donors (Lipinski definition) is 4. The highest BCUT2D eigenvalue weighted by Crippen LogP contribution is 2.19. The van der Waals surface area contributed by atoms with E-state index in [9.17, 15) is 9.59 Å². The second kappa shape index (κ2) is 11.1. The summed E-state index contributed by atoms with van der Waals surface area (Å²) in [6, 6.07) is 17.7. The number of benzene rings is 2. The Hall–Kier alpha value is -3.02. The Kier molecular flexibility index (Phi) is 7.92. The van der Waals surface area contributed by atoms with E-state index < -0.39 is 0 Å². The SMILES string of the molecule is O=C(CCCNC(=O)NC1CCCCC1)Nc1ccc(Nc2ccccc2)cc1. The number of carbonyl (C=O) groups is 2. The summed E-state index contributed by atoms with van der Waals surface area (Å²) >= 11 is 0. The van der Waals surface area contributed by atoms with Crippen molar-refractivity contribution in [1.82, 2.24) is 10.6 Å². The predicted molar refractivity (Wildman–Crippen MR) is 117 cm³/mol. The molecule has 1 fully saturated rings. The Balaban J connectivity index is 1.31. The number of para-hydroxylation sites is 1. The average molecular weight is 395 g/mol.